The van der Waals surface area contributed by atoms with Crippen LogP contribution in [-0.2, 0) is 17.8 Å². The molecule has 1 aromatic rings. The van der Waals surface area contributed by atoms with Crippen LogP contribution < -0.4 is 0 Å². The molecule has 3 heteroatoms. The Morgan fingerprint density at radius 1 is 1.33 bits per heavy atom. The second-order valence-electron chi connectivity index (χ2n) is 5.10. The fourth-order valence-corrected chi connectivity index (χ4v) is 3.39. The van der Waals surface area contributed by atoms with Crippen molar-refractivity contribution in [3.05, 3.63) is 21.9 Å². The third kappa shape index (κ3) is 3.58. The first-order valence-electron chi connectivity index (χ1n) is 7.14. The van der Waals surface area contributed by atoms with Gasteiger partial charge in [-0.1, -0.05) is 32.6 Å². The number of nitrogens with zero attached hydrogens (tertiary/aromatic N) is 1. The number of hydrogen-bond donors (Lipinski definition) is 0. The van der Waals surface area contributed by atoms with Gasteiger partial charge in [-0.3, -0.25) is 4.79 Å². The van der Waals surface area contributed by atoms with Crippen LogP contribution in [0.25, 0.3) is 0 Å². The van der Waals surface area contributed by atoms with E-state index < -0.39 is 0 Å². The second-order valence-corrected chi connectivity index (χ2v) is 6.10. The maximum Gasteiger partial charge on any atom is 0.222 e. The van der Waals surface area contributed by atoms with Gasteiger partial charge in [0.05, 0.1) is 0 Å². The lowest BCUT2D eigenvalue weighted by molar-refractivity contribution is -0.132. The summed E-state index contributed by atoms with van der Waals surface area (Å²) < 4.78 is 0. The number of thiophene rings is 1. The van der Waals surface area contributed by atoms with Gasteiger partial charge in [0.25, 0.3) is 0 Å². The zero-order valence-electron chi connectivity index (χ0n) is 11.3. The van der Waals surface area contributed by atoms with Gasteiger partial charge in [0.2, 0.25) is 5.91 Å². The summed E-state index contributed by atoms with van der Waals surface area (Å²) in [6, 6.07) is 2.17. The summed E-state index contributed by atoms with van der Waals surface area (Å²) in [5, 5.41) is 2.14. The van der Waals surface area contributed by atoms with E-state index in [4.69, 9.17) is 0 Å². The number of hydrogen-bond acceptors (Lipinski definition) is 2. The van der Waals surface area contributed by atoms with E-state index in [1.807, 2.05) is 16.2 Å². The maximum absolute atomic E-state index is 12.1. The first-order valence-corrected chi connectivity index (χ1v) is 8.02. The molecule has 18 heavy (non-hydrogen) atoms. The molecule has 100 valence electrons. The standard InChI is InChI=1S/C15H23NOS/c1-2-3-4-5-6-7-15(17)16-10-8-14-13(12-16)9-11-18-14/h9,11H,2-8,10,12H2,1H3. The third-order valence-electron chi connectivity index (χ3n) is 3.65. The molecule has 0 spiro atoms. The fourth-order valence-electron chi connectivity index (χ4n) is 2.50. The minimum absolute atomic E-state index is 0.350. The monoisotopic (exact) mass is 265 g/mol. The molecule has 0 saturated heterocycles. The summed E-state index contributed by atoms with van der Waals surface area (Å²) in [4.78, 5) is 15.6. The number of rotatable bonds is 6. The zero-order chi connectivity index (χ0) is 12.8. The topological polar surface area (TPSA) is 20.3 Å². The van der Waals surface area contributed by atoms with Crippen LogP contribution in [0.1, 0.15) is 55.9 Å². The summed E-state index contributed by atoms with van der Waals surface area (Å²) in [6.07, 6.45) is 7.90. The van der Waals surface area contributed by atoms with Crippen LogP contribution in [0, 0.1) is 0 Å². The highest BCUT2D eigenvalue weighted by molar-refractivity contribution is 7.10. The van der Waals surface area contributed by atoms with Gasteiger partial charge in [-0.15, -0.1) is 11.3 Å². The molecule has 2 heterocycles. The van der Waals surface area contributed by atoms with Crippen molar-refractivity contribution in [3.63, 3.8) is 0 Å². The molecule has 1 aromatic heterocycles. The van der Waals surface area contributed by atoms with E-state index in [0.717, 1.165) is 32.4 Å². The number of amides is 1. The predicted molar refractivity (Wildman–Crippen MR) is 76.8 cm³/mol. The van der Waals surface area contributed by atoms with Crippen LogP contribution >= 0.6 is 11.3 Å². The molecule has 1 aliphatic rings. The summed E-state index contributed by atoms with van der Waals surface area (Å²) in [5.74, 6) is 0.350. The van der Waals surface area contributed by atoms with Crippen molar-refractivity contribution < 1.29 is 4.79 Å². The molecule has 0 atom stereocenters. The zero-order valence-corrected chi connectivity index (χ0v) is 12.1. The molecule has 0 aliphatic carbocycles. The molecular weight excluding hydrogens is 242 g/mol. The summed E-state index contributed by atoms with van der Waals surface area (Å²) in [6.45, 7) is 3.98. The van der Waals surface area contributed by atoms with Gasteiger partial charge in [0.1, 0.15) is 0 Å². The molecule has 0 unspecified atom stereocenters. The average Bonchev–Trinajstić information content (AvgIpc) is 2.85. The van der Waals surface area contributed by atoms with Crippen molar-refractivity contribution in [3.8, 4) is 0 Å². The van der Waals surface area contributed by atoms with E-state index in [0.29, 0.717) is 5.91 Å². The molecule has 0 radical (unpaired) electrons. The number of carbonyl (C=O) groups is 1. The predicted octanol–water partition coefficient (Wildman–Crippen LogP) is 3.99. The van der Waals surface area contributed by atoms with Gasteiger partial charge in [-0.25, -0.2) is 0 Å². The van der Waals surface area contributed by atoms with Gasteiger partial charge in [0.15, 0.2) is 0 Å². The Labute approximate surface area is 114 Å². The smallest absolute Gasteiger partial charge is 0.222 e. The Bertz CT molecular complexity index is 386. The van der Waals surface area contributed by atoms with Gasteiger partial charge < -0.3 is 4.90 Å². The number of carbonyl (C=O) groups excluding carboxylic acids is 1. The Morgan fingerprint density at radius 3 is 3.00 bits per heavy atom. The molecule has 0 fully saturated rings. The highest BCUT2D eigenvalue weighted by Crippen LogP contribution is 2.24. The van der Waals surface area contributed by atoms with E-state index in [9.17, 15) is 4.79 Å². The van der Waals surface area contributed by atoms with Crippen LogP contribution in [0.4, 0.5) is 0 Å². The summed E-state index contributed by atoms with van der Waals surface area (Å²) >= 11 is 1.83. The first-order chi connectivity index (χ1) is 8.81. The van der Waals surface area contributed by atoms with Crippen molar-refractivity contribution in [2.45, 2.75) is 58.4 Å². The lowest BCUT2D eigenvalue weighted by Crippen LogP contribution is -2.35. The molecule has 1 aliphatic heterocycles. The molecular formula is C15H23NOS. The van der Waals surface area contributed by atoms with E-state index in [-0.39, 0.29) is 0 Å². The Kier molecular flexibility index (Phi) is 5.24. The van der Waals surface area contributed by atoms with E-state index >= 15 is 0 Å². The van der Waals surface area contributed by atoms with E-state index in [2.05, 4.69) is 18.4 Å². The highest BCUT2D eigenvalue weighted by atomic mass is 32.1. The van der Waals surface area contributed by atoms with Gasteiger partial charge in [0, 0.05) is 24.4 Å². The van der Waals surface area contributed by atoms with Crippen molar-refractivity contribution in [2.24, 2.45) is 0 Å². The van der Waals surface area contributed by atoms with Gasteiger partial charge in [-0.05, 0) is 29.9 Å². The Morgan fingerprint density at radius 2 is 2.17 bits per heavy atom. The highest BCUT2D eigenvalue weighted by Gasteiger charge is 2.20. The lowest BCUT2D eigenvalue weighted by atomic mass is 10.1. The largest absolute Gasteiger partial charge is 0.338 e. The van der Waals surface area contributed by atoms with E-state index in [1.165, 1.54) is 36.1 Å². The van der Waals surface area contributed by atoms with Gasteiger partial charge in [-0.2, -0.15) is 0 Å². The van der Waals surface area contributed by atoms with Crippen LogP contribution in [0.15, 0.2) is 11.4 Å². The van der Waals surface area contributed by atoms with E-state index in [1.54, 1.807) is 0 Å². The molecule has 2 nitrogen and oxygen atoms in total. The molecule has 1 amide bonds. The molecule has 0 saturated carbocycles. The third-order valence-corrected chi connectivity index (χ3v) is 4.68. The summed E-state index contributed by atoms with van der Waals surface area (Å²) in [5.41, 5.74) is 1.37. The number of unbranched alkanes of at least 4 members (excludes halogenated alkanes) is 4. The fraction of sp³-hybridized carbons (Fsp3) is 0.667. The minimum Gasteiger partial charge on any atom is -0.338 e. The normalized spacial score (nSPS) is 14.6. The lowest BCUT2D eigenvalue weighted by Gasteiger charge is -2.27. The van der Waals surface area contributed by atoms with Crippen LogP contribution in [0.2, 0.25) is 0 Å². The van der Waals surface area contributed by atoms with Crippen LogP contribution in [0.3, 0.4) is 0 Å². The molecule has 2 rings (SSSR count). The summed E-state index contributed by atoms with van der Waals surface area (Å²) in [7, 11) is 0. The quantitative estimate of drug-likeness (QED) is 0.712. The maximum atomic E-state index is 12.1. The van der Waals surface area contributed by atoms with Crippen LogP contribution in [-0.4, -0.2) is 17.4 Å². The van der Waals surface area contributed by atoms with Crippen LogP contribution in [0.5, 0.6) is 0 Å². The Balaban J connectivity index is 1.71. The minimum atomic E-state index is 0.350. The van der Waals surface area contributed by atoms with Crippen molar-refractivity contribution in [2.75, 3.05) is 6.54 Å². The molecule has 0 bridgehead atoms. The van der Waals surface area contributed by atoms with Crippen molar-refractivity contribution in [1.82, 2.24) is 4.90 Å². The van der Waals surface area contributed by atoms with Gasteiger partial charge >= 0.3 is 0 Å². The second kappa shape index (κ2) is 6.93. The Hall–Kier alpha value is -0.830. The van der Waals surface area contributed by atoms with Crippen molar-refractivity contribution >= 4 is 17.2 Å². The SMILES string of the molecule is CCCCCCCC(=O)N1CCc2sccc2C1. The first kappa shape index (κ1) is 13.6. The average molecular weight is 265 g/mol. The molecule has 0 N–H and O–H groups in total. The van der Waals surface area contributed by atoms with Crippen molar-refractivity contribution in [1.29, 1.82) is 0 Å². The number of fused-ring (bicyclic) bond motifs is 1. The molecule has 0 aromatic carbocycles.